The molecule has 0 aliphatic heterocycles. The second-order valence-electron chi connectivity index (χ2n) is 17.4. The molecule has 1 N–H and O–H groups in total. The number of nitrogens with one attached hydrogen (secondary N) is 1. The molecule has 0 atom stereocenters. The van der Waals surface area contributed by atoms with Gasteiger partial charge in [0, 0.05) is 37.0 Å². The summed E-state index contributed by atoms with van der Waals surface area (Å²) in [5, 5.41) is 6.35. The van der Waals surface area contributed by atoms with Gasteiger partial charge in [-0.25, -0.2) is 0 Å². The molecule has 1 aliphatic carbocycles. The maximum atomic E-state index is 3.64. The fraction of sp³-hybridized carbons (Fsp3) is 0.0476. The average molecular weight is 850 g/mol. The van der Waals surface area contributed by atoms with E-state index in [-0.39, 0.29) is 5.41 Å². The minimum atomic E-state index is -0.0666. The van der Waals surface area contributed by atoms with Crippen LogP contribution >= 0.6 is 11.3 Å². The molecule has 0 bridgehead atoms. The zero-order valence-corrected chi connectivity index (χ0v) is 37.3. The molecular weight excluding hydrogens is 803 g/mol. The van der Waals surface area contributed by atoms with Crippen molar-refractivity contribution in [2.75, 3.05) is 5.32 Å². The van der Waals surface area contributed by atoms with E-state index in [4.69, 9.17) is 0 Å². The summed E-state index contributed by atoms with van der Waals surface area (Å²) in [4.78, 5) is 0. The molecule has 65 heavy (non-hydrogen) atoms. The number of rotatable bonds is 7. The van der Waals surface area contributed by atoms with Crippen LogP contribution in [-0.2, 0) is 5.41 Å². The SMILES string of the molecule is CC1(C)c2cc(Nc3ccc(-c4ccc(-c5ccccc5)cc4)cc3)ccc2-c2ccc(-c3ccccc3)cc21.c1ccc(-c2ccc(-c3ccc4sc5ccccc5c4c3)cc2)cc1. The smallest absolute Gasteiger partial charge is 0.0387 e. The molecule has 0 unspecified atom stereocenters. The second-order valence-corrected chi connectivity index (χ2v) is 18.5. The van der Waals surface area contributed by atoms with E-state index in [9.17, 15) is 0 Å². The van der Waals surface area contributed by atoms with Crippen LogP contribution in [0.3, 0.4) is 0 Å². The van der Waals surface area contributed by atoms with Gasteiger partial charge in [0.05, 0.1) is 0 Å². The van der Waals surface area contributed by atoms with E-state index in [0.717, 1.165) is 11.4 Å². The number of hydrogen-bond donors (Lipinski definition) is 1. The van der Waals surface area contributed by atoms with Crippen LogP contribution in [0.4, 0.5) is 11.4 Å². The number of fused-ring (bicyclic) bond motifs is 6. The normalized spacial score (nSPS) is 12.3. The van der Waals surface area contributed by atoms with Gasteiger partial charge < -0.3 is 5.32 Å². The van der Waals surface area contributed by atoms with Crippen molar-refractivity contribution in [3.8, 4) is 66.8 Å². The molecule has 1 aromatic heterocycles. The Morgan fingerprint density at radius 2 is 0.662 bits per heavy atom. The van der Waals surface area contributed by atoms with Crippen LogP contribution in [0.25, 0.3) is 86.9 Å². The lowest BCUT2D eigenvalue weighted by molar-refractivity contribution is 0.661. The van der Waals surface area contributed by atoms with Gasteiger partial charge in [-0.15, -0.1) is 11.3 Å². The van der Waals surface area contributed by atoms with E-state index < -0.39 is 0 Å². The number of anilines is 2. The van der Waals surface area contributed by atoms with Gasteiger partial charge in [0.15, 0.2) is 0 Å². The summed E-state index contributed by atoms with van der Waals surface area (Å²) in [6.07, 6.45) is 0. The van der Waals surface area contributed by atoms with Crippen LogP contribution in [0.5, 0.6) is 0 Å². The van der Waals surface area contributed by atoms with Crippen molar-refractivity contribution in [2.45, 2.75) is 19.3 Å². The van der Waals surface area contributed by atoms with Gasteiger partial charge in [-0.2, -0.15) is 0 Å². The van der Waals surface area contributed by atoms with Gasteiger partial charge in [-0.1, -0.05) is 208 Å². The van der Waals surface area contributed by atoms with Crippen molar-refractivity contribution in [3.05, 3.63) is 254 Å². The van der Waals surface area contributed by atoms with Gasteiger partial charge in [0.1, 0.15) is 0 Å². The summed E-state index contributed by atoms with van der Waals surface area (Å²) in [7, 11) is 0. The molecule has 0 saturated heterocycles. The number of benzene rings is 10. The Balaban J connectivity index is 0.000000160. The highest BCUT2D eigenvalue weighted by molar-refractivity contribution is 7.25. The summed E-state index contributed by atoms with van der Waals surface area (Å²) in [6.45, 7) is 4.68. The molecule has 10 aromatic carbocycles. The van der Waals surface area contributed by atoms with Crippen molar-refractivity contribution in [2.24, 2.45) is 0 Å². The minimum absolute atomic E-state index is 0.0666. The lowest BCUT2D eigenvalue weighted by Gasteiger charge is -2.23. The Kier molecular flexibility index (Phi) is 10.5. The predicted octanol–water partition coefficient (Wildman–Crippen LogP) is 18.1. The summed E-state index contributed by atoms with van der Waals surface area (Å²) in [5.41, 5.74) is 20.1. The maximum absolute atomic E-state index is 3.64. The van der Waals surface area contributed by atoms with Crippen LogP contribution in [0.1, 0.15) is 25.0 Å². The molecule has 310 valence electrons. The number of thiophene rings is 1. The summed E-state index contributed by atoms with van der Waals surface area (Å²) >= 11 is 1.87. The Morgan fingerprint density at radius 1 is 0.292 bits per heavy atom. The van der Waals surface area contributed by atoms with Gasteiger partial charge in [0.2, 0.25) is 0 Å². The van der Waals surface area contributed by atoms with E-state index in [0.29, 0.717) is 0 Å². The lowest BCUT2D eigenvalue weighted by atomic mass is 9.81. The summed E-state index contributed by atoms with van der Waals surface area (Å²) in [5.74, 6) is 0. The molecule has 0 amide bonds. The van der Waals surface area contributed by atoms with Crippen LogP contribution in [0, 0.1) is 0 Å². The highest BCUT2D eigenvalue weighted by Crippen LogP contribution is 2.50. The maximum Gasteiger partial charge on any atom is 0.0387 e. The van der Waals surface area contributed by atoms with Gasteiger partial charge in [0.25, 0.3) is 0 Å². The molecule has 2 heteroatoms. The van der Waals surface area contributed by atoms with Gasteiger partial charge in [-0.3, -0.25) is 0 Å². The first-order valence-corrected chi connectivity index (χ1v) is 23.2. The first-order chi connectivity index (χ1) is 31.9. The molecular formula is C63H47NS. The largest absolute Gasteiger partial charge is 0.356 e. The van der Waals surface area contributed by atoms with Crippen LogP contribution < -0.4 is 5.32 Å². The van der Waals surface area contributed by atoms with Crippen molar-refractivity contribution < 1.29 is 0 Å². The summed E-state index contributed by atoms with van der Waals surface area (Å²) < 4.78 is 2.71. The molecule has 0 fully saturated rings. The fourth-order valence-corrected chi connectivity index (χ4v) is 10.5. The minimum Gasteiger partial charge on any atom is -0.356 e. The Labute approximate surface area is 386 Å². The third kappa shape index (κ3) is 7.95. The standard InChI is InChI=1S/C39H31N.C24H16S/c1-39(2)37-25-32(28-11-7-4-8-12-28)19-23-35(37)36-24-22-34(26-38(36)39)40-33-20-17-31(18-21-33)30-15-13-29(14-16-30)27-9-5-3-6-10-27;1-2-6-17(7-3-1)18-10-12-19(13-11-18)20-14-15-24-22(16-20)21-8-4-5-9-23(21)25-24/h3-26,40H,1-2H3;1-16H. The van der Waals surface area contributed by atoms with Crippen LogP contribution in [0.15, 0.2) is 243 Å². The monoisotopic (exact) mass is 849 g/mol. The average Bonchev–Trinajstić information content (AvgIpc) is 3.86. The van der Waals surface area contributed by atoms with E-state index in [2.05, 4.69) is 262 Å². The topological polar surface area (TPSA) is 12.0 Å². The van der Waals surface area contributed by atoms with Gasteiger partial charge in [-0.05, 0) is 126 Å². The Bertz CT molecular complexity index is 3420. The second kappa shape index (κ2) is 17.1. The quantitative estimate of drug-likeness (QED) is 0.168. The van der Waals surface area contributed by atoms with E-state index in [1.54, 1.807) is 0 Å². The van der Waals surface area contributed by atoms with Crippen LogP contribution in [0.2, 0.25) is 0 Å². The van der Waals surface area contributed by atoms with Gasteiger partial charge >= 0.3 is 0 Å². The van der Waals surface area contributed by atoms with E-state index in [1.807, 2.05) is 11.3 Å². The molecule has 0 radical (unpaired) electrons. The highest BCUT2D eigenvalue weighted by Gasteiger charge is 2.35. The molecule has 11 aromatic rings. The number of hydrogen-bond acceptors (Lipinski definition) is 2. The Hall–Kier alpha value is -7.78. The molecule has 1 aliphatic rings. The van der Waals surface area contributed by atoms with Crippen molar-refractivity contribution >= 4 is 42.9 Å². The molecule has 1 heterocycles. The zero-order chi connectivity index (χ0) is 43.7. The molecule has 12 rings (SSSR count). The van der Waals surface area contributed by atoms with Crippen molar-refractivity contribution in [3.63, 3.8) is 0 Å². The zero-order valence-electron chi connectivity index (χ0n) is 36.5. The van der Waals surface area contributed by atoms with Crippen LogP contribution in [-0.4, -0.2) is 0 Å². The Morgan fingerprint density at radius 3 is 1.23 bits per heavy atom. The highest BCUT2D eigenvalue weighted by atomic mass is 32.1. The first-order valence-electron chi connectivity index (χ1n) is 22.4. The van der Waals surface area contributed by atoms with Crippen molar-refractivity contribution in [1.29, 1.82) is 0 Å². The third-order valence-corrected chi connectivity index (χ3v) is 14.1. The van der Waals surface area contributed by atoms with Crippen molar-refractivity contribution in [1.82, 2.24) is 0 Å². The first kappa shape index (κ1) is 40.0. The molecule has 0 saturated carbocycles. The third-order valence-electron chi connectivity index (χ3n) is 13.0. The summed E-state index contributed by atoms with van der Waals surface area (Å²) in [6, 6.07) is 87.3. The lowest BCUT2D eigenvalue weighted by Crippen LogP contribution is -2.15. The fourth-order valence-electron chi connectivity index (χ4n) is 9.42. The molecule has 0 spiro atoms. The molecule has 1 nitrogen and oxygen atoms in total. The van der Waals surface area contributed by atoms with E-state index in [1.165, 1.54) is 98.1 Å². The predicted molar refractivity (Wildman–Crippen MR) is 280 cm³/mol. The van der Waals surface area contributed by atoms with E-state index >= 15 is 0 Å².